The van der Waals surface area contributed by atoms with Crippen molar-refractivity contribution < 1.29 is 28.2 Å². The Kier molecular flexibility index (Phi) is 5.87. The van der Waals surface area contributed by atoms with Crippen molar-refractivity contribution in [2.24, 2.45) is 5.41 Å². The van der Waals surface area contributed by atoms with E-state index in [0.717, 1.165) is 11.3 Å². The average Bonchev–Trinajstić information content (AvgIpc) is 3.46. The van der Waals surface area contributed by atoms with Crippen molar-refractivity contribution in [2.45, 2.75) is 18.0 Å². The highest BCUT2D eigenvalue weighted by atomic mass is 19.1. The summed E-state index contributed by atoms with van der Waals surface area (Å²) in [5.74, 6) is -1.72. The maximum Gasteiger partial charge on any atom is 0.185 e. The molecule has 4 aromatic rings. The van der Waals surface area contributed by atoms with Crippen LogP contribution in [0.15, 0.2) is 97.1 Å². The van der Waals surface area contributed by atoms with Crippen molar-refractivity contribution in [3.8, 4) is 11.5 Å². The van der Waals surface area contributed by atoms with Crippen molar-refractivity contribution in [2.75, 3.05) is 19.1 Å². The van der Waals surface area contributed by atoms with E-state index in [2.05, 4.69) is 0 Å². The van der Waals surface area contributed by atoms with E-state index < -0.39 is 29.2 Å². The Morgan fingerprint density at radius 1 is 0.810 bits per heavy atom. The minimum absolute atomic E-state index is 0.270. The first-order valence-electron chi connectivity index (χ1n) is 13.7. The molecule has 42 heavy (non-hydrogen) atoms. The van der Waals surface area contributed by atoms with Gasteiger partial charge in [-0.15, -0.1) is 0 Å². The number of Topliss-reactive ketones (excluding diaryl/α,β-unsaturated/α-hetero) is 3. The maximum absolute atomic E-state index is 14.8. The molecule has 1 saturated heterocycles. The number of hydrogen-bond donors (Lipinski definition) is 0. The van der Waals surface area contributed by atoms with Crippen LogP contribution in [0.2, 0.25) is 0 Å². The Morgan fingerprint density at radius 3 is 2.14 bits per heavy atom. The third-order valence-electron chi connectivity index (χ3n) is 8.88. The van der Waals surface area contributed by atoms with Crippen molar-refractivity contribution in [3.05, 3.63) is 131 Å². The number of carbonyl (C=O) groups excluding carboxylic acids is 3. The number of halogens is 1. The molecular formula is C35H26FNO5. The van der Waals surface area contributed by atoms with E-state index in [9.17, 15) is 18.8 Å². The van der Waals surface area contributed by atoms with Crippen LogP contribution in [0.4, 0.5) is 10.1 Å². The SMILES string of the molecule is COc1cccc([C@@H]2[C@@H](C(=O)c3ccc(F)cc3)N3c4ccccc4C=C[C@H]3C23C(=O)c2ccccc2C3=O)c1OC. The topological polar surface area (TPSA) is 72.9 Å². The molecule has 3 atom stereocenters. The third kappa shape index (κ3) is 3.33. The zero-order chi connectivity index (χ0) is 29.2. The summed E-state index contributed by atoms with van der Waals surface area (Å²) in [4.78, 5) is 46.2. The largest absolute Gasteiger partial charge is 0.493 e. The first-order chi connectivity index (χ1) is 20.4. The molecule has 2 heterocycles. The molecule has 3 aliphatic rings. The number of nitrogens with zero attached hydrogens (tertiary/aromatic N) is 1. The van der Waals surface area contributed by atoms with Crippen LogP contribution >= 0.6 is 0 Å². The van der Waals surface area contributed by atoms with Crippen molar-refractivity contribution in [1.29, 1.82) is 0 Å². The second-order valence-electron chi connectivity index (χ2n) is 10.7. The molecule has 0 unspecified atom stereocenters. The minimum Gasteiger partial charge on any atom is -0.493 e. The lowest BCUT2D eigenvalue weighted by molar-refractivity contribution is 0.0664. The van der Waals surface area contributed by atoms with Gasteiger partial charge in [-0.1, -0.05) is 66.7 Å². The summed E-state index contributed by atoms with van der Waals surface area (Å²) in [5, 5.41) is 0. The highest BCUT2D eigenvalue weighted by Gasteiger charge is 2.72. The third-order valence-corrected chi connectivity index (χ3v) is 8.88. The van der Waals surface area contributed by atoms with Gasteiger partial charge in [0.05, 0.1) is 20.3 Å². The van der Waals surface area contributed by atoms with E-state index >= 15 is 0 Å². The number of fused-ring (bicyclic) bond motifs is 5. The summed E-state index contributed by atoms with van der Waals surface area (Å²) >= 11 is 0. The second kappa shape index (κ2) is 9.52. The van der Waals surface area contributed by atoms with Gasteiger partial charge in [-0.25, -0.2) is 4.39 Å². The predicted octanol–water partition coefficient (Wildman–Crippen LogP) is 6.16. The van der Waals surface area contributed by atoms with Gasteiger partial charge in [0.15, 0.2) is 28.8 Å². The molecule has 4 aromatic carbocycles. The number of para-hydroxylation sites is 2. The average molecular weight is 560 g/mol. The van der Waals surface area contributed by atoms with Gasteiger partial charge in [-0.3, -0.25) is 14.4 Å². The lowest BCUT2D eigenvalue weighted by Crippen LogP contribution is -2.48. The fraction of sp³-hybridized carbons (Fsp3) is 0.171. The molecule has 1 fully saturated rings. The number of benzene rings is 4. The molecule has 1 aliphatic carbocycles. The normalized spacial score (nSPS) is 21.2. The summed E-state index contributed by atoms with van der Waals surface area (Å²) < 4.78 is 25.4. The summed E-state index contributed by atoms with van der Waals surface area (Å²) in [7, 11) is 3.01. The van der Waals surface area contributed by atoms with Crippen LogP contribution in [0.5, 0.6) is 11.5 Å². The van der Waals surface area contributed by atoms with Gasteiger partial charge in [0.25, 0.3) is 0 Å². The number of rotatable bonds is 5. The van der Waals surface area contributed by atoms with E-state index in [1.807, 2.05) is 41.3 Å². The zero-order valence-corrected chi connectivity index (χ0v) is 22.9. The van der Waals surface area contributed by atoms with E-state index in [-0.39, 0.29) is 22.9 Å². The Morgan fingerprint density at radius 2 is 1.48 bits per heavy atom. The monoisotopic (exact) mass is 559 g/mol. The molecule has 2 aliphatic heterocycles. The molecule has 0 bridgehead atoms. The molecule has 0 saturated carbocycles. The van der Waals surface area contributed by atoms with E-state index in [1.165, 1.54) is 38.5 Å². The fourth-order valence-corrected chi connectivity index (χ4v) is 7.20. The fourth-order valence-electron chi connectivity index (χ4n) is 7.20. The smallest absolute Gasteiger partial charge is 0.185 e. The summed E-state index contributed by atoms with van der Waals surface area (Å²) in [6, 6.07) is 23.3. The van der Waals surface area contributed by atoms with Gasteiger partial charge in [0.2, 0.25) is 0 Å². The lowest BCUT2D eigenvalue weighted by atomic mass is 9.64. The van der Waals surface area contributed by atoms with Crippen molar-refractivity contribution in [1.82, 2.24) is 0 Å². The summed E-state index contributed by atoms with van der Waals surface area (Å²) in [6.07, 6.45) is 3.77. The second-order valence-corrected chi connectivity index (χ2v) is 10.7. The first kappa shape index (κ1) is 25.9. The molecule has 7 heteroatoms. The van der Waals surface area contributed by atoms with Crippen LogP contribution in [0.25, 0.3) is 6.08 Å². The van der Waals surface area contributed by atoms with Gasteiger partial charge in [0.1, 0.15) is 17.3 Å². The zero-order valence-electron chi connectivity index (χ0n) is 22.9. The van der Waals surface area contributed by atoms with Gasteiger partial charge in [-0.2, -0.15) is 0 Å². The molecule has 1 spiro atoms. The van der Waals surface area contributed by atoms with E-state index in [0.29, 0.717) is 28.2 Å². The number of carbonyl (C=O) groups is 3. The highest BCUT2D eigenvalue weighted by molar-refractivity contribution is 6.32. The van der Waals surface area contributed by atoms with Crippen LogP contribution in [-0.2, 0) is 0 Å². The van der Waals surface area contributed by atoms with Crippen LogP contribution in [0, 0.1) is 11.2 Å². The molecule has 208 valence electrons. The van der Waals surface area contributed by atoms with Crippen LogP contribution in [0.3, 0.4) is 0 Å². The summed E-state index contributed by atoms with van der Waals surface area (Å²) in [5.41, 5.74) is 1.33. The molecule has 0 N–H and O–H groups in total. The van der Waals surface area contributed by atoms with E-state index in [4.69, 9.17) is 9.47 Å². The van der Waals surface area contributed by atoms with Gasteiger partial charge in [-0.05, 0) is 42.0 Å². The number of hydrogen-bond acceptors (Lipinski definition) is 6. The highest BCUT2D eigenvalue weighted by Crippen LogP contribution is 2.62. The van der Waals surface area contributed by atoms with Crippen LogP contribution in [0.1, 0.15) is 48.1 Å². The summed E-state index contributed by atoms with van der Waals surface area (Å²) in [6.45, 7) is 0. The molecular weight excluding hydrogens is 533 g/mol. The van der Waals surface area contributed by atoms with Gasteiger partial charge in [0, 0.05) is 33.9 Å². The lowest BCUT2D eigenvalue weighted by Gasteiger charge is -2.37. The predicted molar refractivity (Wildman–Crippen MR) is 156 cm³/mol. The van der Waals surface area contributed by atoms with Crippen molar-refractivity contribution in [3.63, 3.8) is 0 Å². The Hall–Kier alpha value is -5.04. The molecule has 0 aromatic heterocycles. The molecule has 7 rings (SSSR count). The quantitative estimate of drug-likeness (QED) is 0.216. The standard InChI is InChI=1S/C35H26FNO5/c1-41-27-13-7-11-25(32(27)42-2)29-30(31(38)21-14-17-22(36)18-15-21)37-26-12-6-3-8-20(26)16-19-28(37)35(29)33(39)23-9-4-5-10-24(23)34(35)40/h3-19,28-30H,1-2H3/t28-,29+,30-/m0/s1. The maximum atomic E-state index is 14.8. The molecule has 6 nitrogen and oxygen atoms in total. The van der Waals surface area contributed by atoms with Gasteiger partial charge < -0.3 is 14.4 Å². The minimum atomic E-state index is -1.69. The molecule has 0 amide bonds. The van der Waals surface area contributed by atoms with E-state index in [1.54, 1.807) is 42.5 Å². The number of ether oxygens (including phenoxy) is 2. The number of anilines is 1. The Balaban J connectivity index is 1.58. The van der Waals surface area contributed by atoms with Crippen LogP contribution < -0.4 is 14.4 Å². The van der Waals surface area contributed by atoms with Crippen LogP contribution in [-0.4, -0.2) is 43.7 Å². The Bertz CT molecular complexity index is 1780. The number of ketones is 3. The number of methoxy groups -OCH3 is 2. The molecule has 0 radical (unpaired) electrons. The van der Waals surface area contributed by atoms with Gasteiger partial charge >= 0.3 is 0 Å². The first-order valence-corrected chi connectivity index (χ1v) is 13.7. The van der Waals surface area contributed by atoms with Crippen molar-refractivity contribution >= 4 is 29.1 Å². The Labute approximate surface area is 242 Å².